The highest BCUT2D eigenvalue weighted by molar-refractivity contribution is 6.05. The molecule has 0 heterocycles. The van der Waals surface area contributed by atoms with Crippen LogP contribution in [0.5, 0.6) is 0 Å². The lowest BCUT2D eigenvalue weighted by Gasteiger charge is -2.28. The van der Waals surface area contributed by atoms with E-state index >= 15 is 0 Å². The predicted octanol–water partition coefficient (Wildman–Crippen LogP) is -0.780. The van der Waals surface area contributed by atoms with Gasteiger partial charge in [-0.15, -0.1) is 0 Å². The molecule has 0 bridgehead atoms. The Kier molecular flexibility index (Phi) is 6.93. The molecule has 1 fully saturated rings. The van der Waals surface area contributed by atoms with Gasteiger partial charge in [0.05, 0.1) is 12.7 Å². The molecule has 8 nitrogen and oxygen atoms in total. The number of amides is 4. The van der Waals surface area contributed by atoms with E-state index in [4.69, 9.17) is 16.2 Å². The molecule has 120 valence electrons. The lowest BCUT2D eigenvalue weighted by molar-refractivity contribution is -0.128. The van der Waals surface area contributed by atoms with Crippen molar-refractivity contribution in [2.45, 2.75) is 44.8 Å². The van der Waals surface area contributed by atoms with Crippen molar-refractivity contribution in [3.63, 3.8) is 0 Å². The van der Waals surface area contributed by atoms with Crippen LogP contribution in [-0.4, -0.2) is 43.1 Å². The Bertz CT molecular complexity index is 374. The molecular weight excluding hydrogens is 276 g/mol. The van der Waals surface area contributed by atoms with Crippen molar-refractivity contribution in [1.29, 1.82) is 0 Å². The Hall–Kier alpha value is -1.83. The number of urea groups is 1. The Labute approximate surface area is 123 Å². The van der Waals surface area contributed by atoms with Gasteiger partial charge in [-0.25, -0.2) is 4.79 Å². The van der Waals surface area contributed by atoms with Gasteiger partial charge in [-0.2, -0.15) is 0 Å². The number of primary amides is 2. The van der Waals surface area contributed by atoms with E-state index in [1.165, 1.54) is 12.8 Å². The third-order valence-electron chi connectivity index (χ3n) is 3.60. The van der Waals surface area contributed by atoms with Gasteiger partial charge in [-0.1, -0.05) is 19.8 Å². The fraction of sp³-hybridized carbons (Fsp3) is 0.769. The zero-order valence-corrected chi connectivity index (χ0v) is 12.3. The van der Waals surface area contributed by atoms with Crippen LogP contribution in [0, 0.1) is 5.92 Å². The number of carbonyl (C=O) groups is 3. The highest BCUT2D eigenvalue weighted by atomic mass is 16.5. The maximum atomic E-state index is 11.5. The van der Waals surface area contributed by atoms with Crippen molar-refractivity contribution in [3.05, 3.63) is 0 Å². The molecule has 0 spiro atoms. The van der Waals surface area contributed by atoms with Gasteiger partial charge in [0.2, 0.25) is 11.8 Å². The summed E-state index contributed by atoms with van der Waals surface area (Å²) in [7, 11) is 0. The Morgan fingerprint density at radius 1 is 1.19 bits per heavy atom. The number of rotatable bonds is 7. The summed E-state index contributed by atoms with van der Waals surface area (Å²) in [6.07, 6.45) is 4.84. The van der Waals surface area contributed by atoms with Crippen LogP contribution in [-0.2, 0) is 14.3 Å². The molecule has 1 saturated carbocycles. The molecule has 8 heteroatoms. The summed E-state index contributed by atoms with van der Waals surface area (Å²) in [5.41, 5.74) is 9.89. The summed E-state index contributed by atoms with van der Waals surface area (Å²) in [5.74, 6) is -1.46. The fourth-order valence-corrected chi connectivity index (χ4v) is 2.37. The lowest BCUT2D eigenvalue weighted by atomic mass is 9.88. The largest absolute Gasteiger partial charge is 0.376 e. The molecule has 0 unspecified atom stereocenters. The molecule has 21 heavy (non-hydrogen) atoms. The summed E-state index contributed by atoms with van der Waals surface area (Å²) < 4.78 is 5.72. The summed E-state index contributed by atoms with van der Waals surface area (Å²) in [6, 6.07) is -2.19. The van der Waals surface area contributed by atoms with Gasteiger partial charge in [0.1, 0.15) is 0 Å². The molecule has 0 radical (unpaired) electrons. The molecule has 0 aromatic heterocycles. The van der Waals surface area contributed by atoms with E-state index in [0.29, 0.717) is 12.5 Å². The zero-order valence-electron chi connectivity index (χ0n) is 12.3. The molecule has 1 aliphatic rings. The van der Waals surface area contributed by atoms with Crippen LogP contribution in [0.1, 0.15) is 32.6 Å². The molecule has 1 aliphatic carbocycles. The van der Waals surface area contributed by atoms with E-state index in [9.17, 15) is 14.4 Å². The van der Waals surface area contributed by atoms with Gasteiger partial charge >= 0.3 is 6.03 Å². The van der Waals surface area contributed by atoms with Gasteiger partial charge in [-0.05, 0) is 18.8 Å². The van der Waals surface area contributed by atoms with Crippen LogP contribution >= 0.6 is 0 Å². The van der Waals surface area contributed by atoms with E-state index in [-0.39, 0.29) is 12.6 Å². The molecule has 2 atom stereocenters. The Morgan fingerprint density at radius 2 is 1.81 bits per heavy atom. The molecule has 6 N–H and O–H groups in total. The number of carbonyl (C=O) groups excluding carboxylic acids is 3. The maximum Gasteiger partial charge on any atom is 0.315 e. The molecule has 4 amide bonds. The van der Waals surface area contributed by atoms with Crippen molar-refractivity contribution in [1.82, 2.24) is 10.6 Å². The minimum atomic E-state index is -1.51. The van der Waals surface area contributed by atoms with Crippen molar-refractivity contribution < 1.29 is 19.1 Å². The maximum absolute atomic E-state index is 11.5. The van der Waals surface area contributed by atoms with E-state index < -0.39 is 23.9 Å². The van der Waals surface area contributed by atoms with Gasteiger partial charge in [0, 0.05) is 6.54 Å². The average Bonchev–Trinajstić information content (AvgIpc) is 2.42. The van der Waals surface area contributed by atoms with E-state index in [1.807, 2.05) is 0 Å². The standard InChI is InChI=1S/C13H24N4O4/c1-8-4-2-3-5-9(8)21-7-6-16-13(20)17-10(11(14)18)12(15)19/h8-10H,2-7H2,1H3,(H2,14,18)(H2,15,19)(H2,16,17,20)/t8-,9+/m0/s1. The molecule has 1 rings (SSSR count). The average molecular weight is 300 g/mol. The molecule has 0 aliphatic heterocycles. The zero-order chi connectivity index (χ0) is 15.8. The second-order valence-corrected chi connectivity index (χ2v) is 5.31. The van der Waals surface area contributed by atoms with Crippen molar-refractivity contribution >= 4 is 17.8 Å². The Balaban J connectivity index is 2.21. The van der Waals surface area contributed by atoms with Crippen LogP contribution in [0.3, 0.4) is 0 Å². The van der Waals surface area contributed by atoms with E-state index in [1.54, 1.807) is 0 Å². The third kappa shape index (κ3) is 5.99. The fourth-order valence-electron chi connectivity index (χ4n) is 2.37. The van der Waals surface area contributed by atoms with Crippen LogP contribution in [0.2, 0.25) is 0 Å². The van der Waals surface area contributed by atoms with Crippen LogP contribution in [0.25, 0.3) is 0 Å². The van der Waals surface area contributed by atoms with Gasteiger partial charge in [0.15, 0.2) is 6.04 Å². The van der Waals surface area contributed by atoms with Crippen LogP contribution in [0.4, 0.5) is 4.79 Å². The number of nitrogens with two attached hydrogens (primary N) is 2. The smallest absolute Gasteiger partial charge is 0.315 e. The molecule has 0 saturated heterocycles. The second kappa shape index (κ2) is 8.46. The topological polar surface area (TPSA) is 137 Å². The third-order valence-corrected chi connectivity index (χ3v) is 3.60. The van der Waals surface area contributed by atoms with Crippen LogP contribution < -0.4 is 22.1 Å². The quantitative estimate of drug-likeness (QED) is 0.362. The number of nitrogens with one attached hydrogen (secondary N) is 2. The minimum Gasteiger partial charge on any atom is -0.376 e. The predicted molar refractivity (Wildman–Crippen MR) is 76.1 cm³/mol. The molecule has 0 aromatic carbocycles. The van der Waals surface area contributed by atoms with Crippen molar-refractivity contribution in [2.75, 3.05) is 13.2 Å². The van der Waals surface area contributed by atoms with Gasteiger partial charge in [-0.3, -0.25) is 9.59 Å². The summed E-state index contributed by atoms with van der Waals surface area (Å²) in [6.45, 7) is 2.81. The normalized spacial score (nSPS) is 21.8. The first-order chi connectivity index (χ1) is 9.91. The number of hydrogen-bond donors (Lipinski definition) is 4. The number of ether oxygens (including phenoxy) is 1. The first kappa shape index (κ1) is 17.2. The second-order valence-electron chi connectivity index (χ2n) is 5.31. The Morgan fingerprint density at radius 3 is 2.38 bits per heavy atom. The van der Waals surface area contributed by atoms with Gasteiger partial charge in [0.25, 0.3) is 0 Å². The van der Waals surface area contributed by atoms with Crippen molar-refractivity contribution in [2.24, 2.45) is 17.4 Å². The lowest BCUT2D eigenvalue weighted by Crippen LogP contribution is -2.55. The highest BCUT2D eigenvalue weighted by Gasteiger charge is 2.24. The minimum absolute atomic E-state index is 0.229. The van der Waals surface area contributed by atoms with E-state index in [0.717, 1.165) is 12.8 Å². The summed E-state index contributed by atoms with van der Waals surface area (Å²) >= 11 is 0. The SMILES string of the molecule is C[C@H]1CCCC[C@H]1OCCNC(=O)NC(C(N)=O)C(N)=O. The van der Waals surface area contributed by atoms with E-state index in [2.05, 4.69) is 17.6 Å². The van der Waals surface area contributed by atoms with Crippen molar-refractivity contribution in [3.8, 4) is 0 Å². The summed E-state index contributed by atoms with van der Waals surface area (Å²) in [4.78, 5) is 33.3. The highest BCUT2D eigenvalue weighted by Crippen LogP contribution is 2.25. The molecular formula is C13H24N4O4. The summed E-state index contributed by atoms with van der Waals surface area (Å²) in [5, 5.41) is 4.60. The number of hydrogen-bond acceptors (Lipinski definition) is 4. The molecule has 0 aromatic rings. The van der Waals surface area contributed by atoms with Crippen LogP contribution in [0.15, 0.2) is 0 Å². The monoisotopic (exact) mass is 300 g/mol. The first-order valence-electron chi connectivity index (χ1n) is 7.16. The first-order valence-corrected chi connectivity index (χ1v) is 7.16. The van der Waals surface area contributed by atoms with Gasteiger partial charge < -0.3 is 26.8 Å².